The summed E-state index contributed by atoms with van der Waals surface area (Å²) in [5, 5.41) is 3.29. The molecule has 0 saturated heterocycles. The smallest absolute Gasteiger partial charge is 0.132 e. The van der Waals surface area contributed by atoms with E-state index in [4.69, 9.17) is 27.5 Å². The third-order valence-electron chi connectivity index (χ3n) is 16.2. The molecule has 6 nitrogen and oxygen atoms in total. The van der Waals surface area contributed by atoms with E-state index in [1.807, 2.05) is 68.0 Å². The van der Waals surface area contributed by atoms with Gasteiger partial charge in [0.15, 0.2) is 0 Å². The number of unbranched alkanes of at least 4 members (excludes halogenated alkanes) is 8. The van der Waals surface area contributed by atoms with E-state index < -0.39 is 8.07 Å². The molecule has 2 atom stereocenters. The Balaban J connectivity index is 0.966. The van der Waals surface area contributed by atoms with E-state index in [9.17, 15) is 0 Å². The largest absolute Gasteiger partial charge is 0.252 e. The monoisotopic (exact) mass is 1180 g/mol. The van der Waals surface area contributed by atoms with Crippen molar-refractivity contribution in [3.8, 4) is 71.3 Å². The minimum atomic E-state index is -2.37. The molecule has 402 valence electrons. The summed E-state index contributed by atoms with van der Waals surface area (Å²) < 4.78 is 20.1. The summed E-state index contributed by atoms with van der Waals surface area (Å²) >= 11 is 14.2. The number of hydrogen-bond donors (Lipinski definition) is 0. The molecule has 11 rings (SSSR count). The maximum atomic E-state index is 5.38. The zero-order chi connectivity index (χ0) is 52.9. The SMILES string of the molecule is CCCCCCc1ccc(-c2ccc(-c3cnc(-c4cc5c(s4)-c4sc(-c6ncc(-c7ccc(-c8ccc(CCCCCC)s8)s7)c7nsnc67)cc4[Si]5(CC(CC)CCCC)CC(CC)CCCC)c4nsnc34)s2)s1. The van der Waals surface area contributed by atoms with Gasteiger partial charge in [0.2, 0.25) is 0 Å². The zero-order valence-electron chi connectivity index (χ0n) is 45.7. The molecule has 77 heavy (non-hydrogen) atoms. The standard InChI is InChI=1S/C62H72N6S8Si/c1-7-13-17-19-23-41-25-27-47(69-41)49-31-29-45(71-49)43-35-63-57(59-55(43)65-75-67-59)51-33-53-61(73-51)62-54(77(53,37-39(11-5)21-15-9-3)38-40(12-6)22-16-10-4)34-52(74-62)58-60-56(66-76-68-60)44(36-64-58)46-30-32-50(72-46)48-28-26-42(70-48)24-20-18-14-8-2/h25-36,39-40H,7-24,37-38H2,1-6H3. The third kappa shape index (κ3) is 11.5. The number of thiophene rings is 6. The highest BCUT2D eigenvalue weighted by Crippen LogP contribution is 2.51. The Morgan fingerprint density at radius 2 is 0.805 bits per heavy atom. The molecule has 0 radical (unpaired) electrons. The normalized spacial score (nSPS) is 13.8. The quantitative estimate of drug-likeness (QED) is 0.0359. The number of rotatable bonds is 28. The topological polar surface area (TPSA) is 77.3 Å². The molecule has 0 aliphatic carbocycles. The van der Waals surface area contributed by atoms with Gasteiger partial charge in [-0.15, -0.1) is 68.0 Å². The highest BCUT2D eigenvalue weighted by molar-refractivity contribution is 7.32. The van der Waals surface area contributed by atoms with Gasteiger partial charge in [-0.3, -0.25) is 9.97 Å². The molecule has 0 N–H and O–H groups in total. The van der Waals surface area contributed by atoms with Gasteiger partial charge in [-0.05, 0) is 121 Å². The minimum Gasteiger partial charge on any atom is -0.252 e. The fraction of sp³-hybridized carbons (Fsp3) is 0.452. The average molecular weight is 1190 g/mol. The van der Waals surface area contributed by atoms with Gasteiger partial charge in [0.05, 0.1) is 33.2 Å². The van der Waals surface area contributed by atoms with Crippen molar-refractivity contribution in [2.75, 3.05) is 0 Å². The van der Waals surface area contributed by atoms with Crippen molar-refractivity contribution in [3.63, 3.8) is 0 Å². The number of fused-ring (bicyclic) bond motifs is 5. The molecule has 1 aliphatic rings. The fourth-order valence-electron chi connectivity index (χ4n) is 11.8. The second kappa shape index (κ2) is 25.4. The lowest BCUT2D eigenvalue weighted by Crippen LogP contribution is -2.56. The molecule has 2 unspecified atom stereocenters. The van der Waals surface area contributed by atoms with Crippen molar-refractivity contribution >= 4 is 132 Å². The van der Waals surface area contributed by atoms with Crippen molar-refractivity contribution in [3.05, 3.63) is 82.8 Å². The van der Waals surface area contributed by atoms with E-state index in [-0.39, 0.29) is 0 Å². The highest BCUT2D eigenvalue weighted by Gasteiger charge is 2.50. The van der Waals surface area contributed by atoms with Crippen molar-refractivity contribution < 1.29 is 0 Å². The molecule has 0 bridgehead atoms. The summed E-state index contributed by atoms with van der Waals surface area (Å²) in [6.45, 7) is 14.2. The van der Waals surface area contributed by atoms with Crippen LogP contribution in [0.5, 0.6) is 0 Å². The number of aromatic nitrogens is 6. The molecule has 1 aliphatic heterocycles. The van der Waals surface area contributed by atoms with Crippen molar-refractivity contribution in [1.29, 1.82) is 0 Å². The molecule has 0 spiro atoms. The molecule has 15 heteroatoms. The van der Waals surface area contributed by atoms with E-state index in [1.54, 1.807) is 10.4 Å². The minimum absolute atomic E-state index is 0.680. The van der Waals surface area contributed by atoms with Gasteiger partial charge in [-0.2, -0.15) is 17.5 Å². The summed E-state index contributed by atoms with van der Waals surface area (Å²) in [6, 6.07) is 26.2. The Bertz CT molecular complexity index is 3310. The highest BCUT2D eigenvalue weighted by atomic mass is 32.1. The molecule has 10 aromatic rings. The molecule has 0 amide bonds. The lowest BCUT2D eigenvalue weighted by atomic mass is 10.0. The Morgan fingerprint density at radius 1 is 0.403 bits per heavy atom. The number of hydrogen-bond acceptors (Lipinski definition) is 14. The van der Waals surface area contributed by atoms with Crippen molar-refractivity contribution in [2.45, 2.75) is 169 Å². The molecule has 10 aromatic heterocycles. The van der Waals surface area contributed by atoms with E-state index in [0.717, 1.165) is 44.6 Å². The number of aryl methyl sites for hydroxylation is 2. The molecule has 0 fully saturated rings. The van der Waals surface area contributed by atoms with Crippen LogP contribution in [0.25, 0.3) is 93.4 Å². The fourth-order valence-corrected chi connectivity index (χ4v) is 27.7. The van der Waals surface area contributed by atoms with Crippen LogP contribution in [0.3, 0.4) is 0 Å². The summed E-state index contributed by atoms with van der Waals surface area (Å²) in [5.41, 5.74) is 7.89. The van der Waals surface area contributed by atoms with Gasteiger partial charge < -0.3 is 0 Å². The van der Waals surface area contributed by atoms with E-state index in [0.29, 0.717) is 11.8 Å². The maximum Gasteiger partial charge on any atom is 0.132 e. The maximum absolute atomic E-state index is 5.38. The first-order valence-corrected chi connectivity index (χ1v) is 37.5. The van der Waals surface area contributed by atoms with Gasteiger partial charge in [0.1, 0.15) is 41.5 Å². The third-order valence-corrected chi connectivity index (χ3v) is 30.4. The van der Waals surface area contributed by atoms with E-state index in [2.05, 4.69) is 115 Å². The van der Waals surface area contributed by atoms with Crippen molar-refractivity contribution in [2.24, 2.45) is 11.8 Å². The predicted molar refractivity (Wildman–Crippen MR) is 346 cm³/mol. The summed E-state index contributed by atoms with van der Waals surface area (Å²) in [5.74, 6) is 1.36. The Kier molecular flexibility index (Phi) is 18.3. The van der Waals surface area contributed by atoms with Crippen LogP contribution in [-0.4, -0.2) is 35.5 Å². The second-order valence-corrected chi connectivity index (χ2v) is 33.2. The van der Waals surface area contributed by atoms with Crippen LogP contribution in [0.1, 0.15) is 154 Å². The summed E-state index contributed by atoms with van der Waals surface area (Å²) in [6.07, 6.45) is 27.0. The molecule has 0 aromatic carbocycles. The van der Waals surface area contributed by atoms with Crippen molar-refractivity contribution in [1.82, 2.24) is 27.5 Å². The molecule has 0 saturated carbocycles. The van der Waals surface area contributed by atoms with E-state index >= 15 is 0 Å². The average Bonchev–Trinajstić information content (AvgIpc) is 4.45. The van der Waals surface area contributed by atoms with Crippen LogP contribution in [0.15, 0.2) is 73.1 Å². The van der Waals surface area contributed by atoms with Gasteiger partial charge in [-0.1, -0.05) is 131 Å². The van der Waals surface area contributed by atoms with Crippen LogP contribution in [-0.2, 0) is 12.8 Å². The van der Waals surface area contributed by atoms with Crippen LogP contribution in [0.2, 0.25) is 12.1 Å². The molecular formula is C62H72N6S8Si. The summed E-state index contributed by atoms with van der Waals surface area (Å²) in [7, 11) is -2.37. The molecule has 11 heterocycles. The van der Waals surface area contributed by atoms with Gasteiger partial charge in [0, 0.05) is 72.3 Å². The second-order valence-electron chi connectivity index (χ2n) is 21.5. The zero-order valence-corrected chi connectivity index (χ0v) is 53.2. The lowest BCUT2D eigenvalue weighted by molar-refractivity contribution is 0.469. The Hall–Kier alpha value is -3.64. The Morgan fingerprint density at radius 3 is 1.23 bits per heavy atom. The first-order chi connectivity index (χ1) is 37.9. The van der Waals surface area contributed by atoms with Gasteiger partial charge in [-0.25, -0.2) is 0 Å². The first-order valence-electron chi connectivity index (χ1n) is 28.8. The predicted octanol–water partition coefficient (Wildman–Crippen LogP) is 21.1. The van der Waals surface area contributed by atoms with Gasteiger partial charge >= 0.3 is 0 Å². The van der Waals surface area contributed by atoms with Crippen LogP contribution < -0.4 is 10.4 Å². The van der Waals surface area contributed by atoms with Gasteiger partial charge in [0.25, 0.3) is 0 Å². The molecular weight excluding hydrogens is 1110 g/mol. The lowest BCUT2D eigenvalue weighted by Gasteiger charge is -2.35. The number of nitrogens with zero attached hydrogens (tertiary/aromatic N) is 6. The van der Waals surface area contributed by atoms with Crippen LogP contribution in [0, 0.1) is 11.8 Å². The van der Waals surface area contributed by atoms with Crippen LogP contribution >= 0.6 is 91.5 Å². The summed E-state index contributed by atoms with van der Waals surface area (Å²) in [4.78, 5) is 26.9. The first kappa shape index (κ1) is 55.3. The number of pyridine rings is 2. The van der Waals surface area contributed by atoms with E-state index in [1.165, 1.54) is 210 Å². The van der Waals surface area contributed by atoms with Crippen LogP contribution in [0.4, 0.5) is 0 Å². The Labute approximate surface area is 490 Å².